The maximum atomic E-state index is 11.6. The number of carbonyl (C=O) groups is 1. The van der Waals surface area contributed by atoms with Gasteiger partial charge < -0.3 is 20.1 Å². The molecule has 5 nitrogen and oxygen atoms in total. The van der Waals surface area contributed by atoms with Crippen molar-refractivity contribution in [1.82, 2.24) is 5.32 Å². The van der Waals surface area contributed by atoms with E-state index in [0.717, 1.165) is 48.7 Å². The van der Waals surface area contributed by atoms with Gasteiger partial charge in [0.05, 0.1) is 6.42 Å². The number of fused-ring (bicyclic) bond motifs is 3. The summed E-state index contributed by atoms with van der Waals surface area (Å²) in [6.45, 7) is 2.24. The maximum Gasteiger partial charge on any atom is 0.229 e. The molecular weight excluding hydrogens is 328 g/mol. The van der Waals surface area contributed by atoms with Crippen LogP contribution in [0, 0.1) is 0 Å². The summed E-state index contributed by atoms with van der Waals surface area (Å²) in [5.74, 6) is 1.47. The molecular formula is C21H24N2O3. The first-order valence-electron chi connectivity index (χ1n) is 9.29. The highest BCUT2D eigenvalue weighted by molar-refractivity contribution is 6.00. The average molecular weight is 352 g/mol. The van der Waals surface area contributed by atoms with Crippen molar-refractivity contribution in [3.05, 3.63) is 53.6 Å². The lowest BCUT2D eigenvalue weighted by atomic mass is 10.1. The van der Waals surface area contributed by atoms with Crippen molar-refractivity contribution in [2.45, 2.75) is 31.8 Å². The van der Waals surface area contributed by atoms with E-state index in [1.165, 1.54) is 12.0 Å². The third-order valence-electron chi connectivity index (χ3n) is 4.83. The maximum absolute atomic E-state index is 11.6. The summed E-state index contributed by atoms with van der Waals surface area (Å²) in [6, 6.07) is 14.3. The van der Waals surface area contributed by atoms with Gasteiger partial charge in [-0.05, 0) is 43.5 Å². The molecule has 26 heavy (non-hydrogen) atoms. The van der Waals surface area contributed by atoms with Gasteiger partial charge in [0.25, 0.3) is 0 Å². The molecule has 5 heteroatoms. The van der Waals surface area contributed by atoms with E-state index in [1.807, 2.05) is 12.1 Å². The predicted molar refractivity (Wildman–Crippen MR) is 101 cm³/mol. The summed E-state index contributed by atoms with van der Waals surface area (Å²) in [5.41, 5.74) is 3.15. The zero-order valence-electron chi connectivity index (χ0n) is 14.8. The number of nitrogens with one attached hydrogen (secondary N) is 2. The van der Waals surface area contributed by atoms with Gasteiger partial charge in [0, 0.05) is 17.8 Å². The van der Waals surface area contributed by atoms with E-state index >= 15 is 0 Å². The van der Waals surface area contributed by atoms with Crippen LogP contribution in [0.2, 0.25) is 0 Å². The van der Waals surface area contributed by atoms with Gasteiger partial charge in [-0.2, -0.15) is 0 Å². The molecule has 136 valence electrons. The molecule has 0 aliphatic carbocycles. The second-order valence-electron chi connectivity index (χ2n) is 6.84. The van der Waals surface area contributed by atoms with Crippen LogP contribution in [-0.4, -0.2) is 31.7 Å². The molecule has 2 aliphatic rings. The fourth-order valence-electron chi connectivity index (χ4n) is 3.47. The molecule has 0 saturated carbocycles. The van der Waals surface area contributed by atoms with Gasteiger partial charge in [-0.3, -0.25) is 4.79 Å². The Hall–Kier alpha value is -2.53. The van der Waals surface area contributed by atoms with E-state index in [1.54, 1.807) is 0 Å². The molecule has 0 aromatic heterocycles. The minimum atomic E-state index is -0.0289. The molecule has 2 aliphatic heterocycles. The minimum absolute atomic E-state index is 0.00987. The number of carbonyl (C=O) groups excluding carboxylic acids is 1. The van der Waals surface area contributed by atoms with E-state index in [4.69, 9.17) is 9.47 Å². The number of benzene rings is 2. The second-order valence-corrected chi connectivity index (χ2v) is 6.84. The third kappa shape index (κ3) is 3.83. The van der Waals surface area contributed by atoms with Crippen LogP contribution in [0.5, 0.6) is 11.5 Å². The number of rotatable bonds is 7. The largest absolute Gasteiger partial charge is 0.486 e. The Labute approximate surface area is 153 Å². The highest BCUT2D eigenvalue weighted by Crippen LogP contribution is 2.41. The summed E-state index contributed by atoms with van der Waals surface area (Å²) in [6.07, 6.45) is 3.75. The van der Waals surface area contributed by atoms with Crippen LogP contribution in [0.15, 0.2) is 42.5 Å². The minimum Gasteiger partial charge on any atom is -0.486 e. The molecule has 4 rings (SSSR count). The van der Waals surface area contributed by atoms with Gasteiger partial charge in [-0.25, -0.2) is 0 Å². The molecule has 0 fully saturated rings. The van der Waals surface area contributed by atoms with Gasteiger partial charge in [0.2, 0.25) is 5.91 Å². The van der Waals surface area contributed by atoms with E-state index in [-0.39, 0.29) is 12.0 Å². The molecule has 0 spiro atoms. The zero-order valence-corrected chi connectivity index (χ0v) is 14.8. The second kappa shape index (κ2) is 7.79. The molecule has 1 unspecified atom stereocenters. The summed E-state index contributed by atoms with van der Waals surface area (Å²) >= 11 is 0. The van der Waals surface area contributed by atoms with E-state index in [9.17, 15) is 4.79 Å². The van der Waals surface area contributed by atoms with Gasteiger partial charge >= 0.3 is 0 Å². The number of hydrogen-bond acceptors (Lipinski definition) is 4. The quantitative estimate of drug-likeness (QED) is 0.752. The molecule has 2 heterocycles. The molecule has 1 amide bonds. The SMILES string of the molecule is O=C1Cc2c(ccc3c2OC(CNCCCCc2ccccc2)CO3)N1. The van der Waals surface area contributed by atoms with Crippen LogP contribution in [0.4, 0.5) is 5.69 Å². The van der Waals surface area contributed by atoms with Gasteiger partial charge in [0.1, 0.15) is 12.7 Å². The standard InChI is InChI=1S/C21H24N2O3/c24-20-12-17-18(23-20)9-10-19-21(17)26-16(14-25-19)13-22-11-5-4-8-15-6-2-1-3-7-15/h1-3,6-7,9-10,16,22H,4-5,8,11-14H2,(H,23,24). The Morgan fingerprint density at radius 1 is 1.12 bits per heavy atom. The summed E-state index contributed by atoms with van der Waals surface area (Å²) in [5, 5.41) is 6.31. The van der Waals surface area contributed by atoms with E-state index in [2.05, 4.69) is 41.0 Å². The van der Waals surface area contributed by atoms with E-state index < -0.39 is 0 Å². The first-order valence-corrected chi connectivity index (χ1v) is 9.29. The molecule has 0 radical (unpaired) electrons. The Kier molecular flexibility index (Phi) is 5.07. The number of amides is 1. The molecule has 0 bridgehead atoms. The van der Waals surface area contributed by atoms with Crippen LogP contribution in [0.25, 0.3) is 0 Å². The van der Waals surface area contributed by atoms with Gasteiger partial charge in [-0.15, -0.1) is 0 Å². The van der Waals surface area contributed by atoms with Gasteiger partial charge in [-0.1, -0.05) is 30.3 Å². The van der Waals surface area contributed by atoms with Crippen molar-refractivity contribution >= 4 is 11.6 Å². The van der Waals surface area contributed by atoms with Crippen molar-refractivity contribution < 1.29 is 14.3 Å². The number of anilines is 1. The van der Waals surface area contributed by atoms with Crippen molar-refractivity contribution in [2.24, 2.45) is 0 Å². The first-order chi connectivity index (χ1) is 12.8. The monoisotopic (exact) mass is 352 g/mol. The smallest absolute Gasteiger partial charge is 0.229 e. The third-order valence-corrected chi connectivity index (χ3v) is 4.83. The fraction of sp³-hybridized carbons (Fsp3) is 0.381. The molecule has 0 saturated heterocycles. The Balaban J connectivity index is 1.21. The lowest BCUT2D eigenvalue weighted by Crippen LogP contribution is -2.39. The van der Waals surface area contributed by atoms with Crippen molar-refractivity contribution in [3.63, 3.8) is 0 Å². The average Bonchev–Trinajstić information content (AvgIpc) is 3.06. The molecule has 2 N–H and O–H groups in total. The summed E-state index contributed by atoms with van der Waals surface area (Å²) in [4.78, 5) is 11.6. The lowest BCUT2D eigenvalue weighted by molar-refractivity contribution is -0.115. The van der Waals surface area contributed by atoms with Crippen LogP contribution >= 0.6 is 0 Å². The Morgan fingerprint density at radius 3 is 2.88 bits per heavy atom. The number of unbranched alkanes of at least 4 members (excludes halogenated alkanes) is 1. The summed E-state index contributed by atoms with van der Waals surface area (Å²) in [7, 11) is 0. The van der Waals surface area contributed by atoms with Crippen molar-refractivity contribution in [2.75, 3.05) is 25.0 Å². The number of ether oxygens (including phenoxy) is 2. The zero-order chi connectivity index (χ0) is 17.8. The Morgan fingerprint density at radius 2 is 2.00 bits per heavy atom. The molecule has 2 aromatic rings. The molecule has 1 atom stereocenters. The highest BCUT2D eigenvalue weighted by atomic mass is 16.6. The summed E-state index contributed by atoms with van der Waals surface area (Å²) < 4.78 is 11.9. The number of aryl methyl sites for hydroxylation is 1. The van der Waals surface area contributed by atoms with Crippen LogP contribution < -0.4 is 20.1 Å². The highest BCUT2D eigenvalue weighted by Gasteiger charge is 2.29. The molecule has 2 aromatic carbocycles. The Bertz CT molecular complexity index is 776. The number of hydrogen-bond donors (Lipinski definition) is 2. The first kappa shape index (κ1) is 16.9. The van der Waals surface area contributed by atoms with Crippen LogP contribution in [-0.2, 0) is 17.6 Å². The topological polar surface area (TPSA) is 59.6 Å². The van der Waals surface area contributed by atoms with Crippen molar-refractivity contribution in [3.8, 4) is 11.5 Å². The van der Waals surface area contributed by atoms with Crippen LogP contribution in [0.1, 0.15) is 24.0 Å². The fourth-order valence-corrected chi connectivity index (χ4v) is 3.47. The lowest BCUT2D eigenvalue weighted by Gasteiger charge is -2.28. The van der Waals surface area contributed by atoms with Crippen molar-refractivity contribution in [1.29, 1.82) is 0 Å². The van der Waals surface area contributed by atoms with Crippen LogP contribution in [0.3, 0.4) is 0 Å². The normalized spacial score (nSPS) is 17.7. The predicted octanol–water partition coefficient (Wildman–Crippen LogP) is 2.93. The van der Waals surface area contributed by atoms with Gasteiger partial charge in [0.15, 0.2) is 11.5 Å². The van der Waals surface area contributed by atoms with E-state index in [0.29, 0.717) is 13.0 Å².